The summed E-state index contributed by atoms with van der Waals surface area (Å²) in [5.41, 5.74) is 2.66. The van der Waals surface area contributed by atoms with Crippen LogP contribution in [0.5, 0.6) is 0 Å². The Bertz CT molecular complexity index is 731. The van der Waals surface area contributed by atoms with E-state index in [2.05, 4.69) is 17.2 Å². The fourth-order valence-corrected chi connectivity index (χ4v) is 3.88. The molecule has 2 aliphatic rings. The van der Waals surface area contributed by atoms with E-state index in [1.165, 1.54) is 0 Å². The van der Waals surface area contributed by atoms with Crippen LogP contribution in [0, 0.1) is 11.8 Å². The van der Waals surface area contributed by atoms with E-state index in [1.54, 1.807) is 0 Å². The maximum atomic E-state index is 12.7. The number of piperidine rings is 1. The Morgan fingerprint density at radius 2 is 2.05 bits per heavy atom. The van der Waals surface area contributed by atoms with Crippen LogP contribution in [0.1, 0.15) is 41.9 Å². The number of rotatable bonds is 1. The largest absolute Gasteiger partial charge is 0.352 e. The molecule has 1 amide bonds. The first-order valence-corrected chi connectivity index (χ1v) is 7.15. The van der Waals surface area contributed by atoms with Crippen molar-refractivity contribution in [2.24, 2.45) is 11.8 Å². The van der Waals surface area contributed by atoms with E-state index >= 15 is 0 Å². The lowest BCUT2D eigenvalue weighted by molar-refractivity contribution is -0.126. The first-order valence-electron chi connectivity index (χ1n) is 7.15. The average Bonchev–Trinajstić information content (AvgIpc) is 2.84. The van der Waals surface area contributed by atoms with Crippen molar-refractivity contribution in [3.8, 4) is 0 Å². The third-order valence-electron chi connectivity index (χ3n) is 4.78. The predicted molar refractivity (Wildman–Crippen MR) is 75.4 cm³/mol. The zero-order valence-corrected chi connectivity index (χ0v) is 11.3. The highest BCUT2D eigenvalue weighted by Gasteiger charge is 2.47. The average molecular weight is 268 g/mol. The van der Waals surface area contributed by atoms with E-state index in [0.29, 0.717) is 12.1 Å². The fourth-order valence-electron chi connectivity index (χ4n) is 3.88. The van der Waals surface area contributed by atoms with Crippen LogP contribution in [0.3, 0.4) is 0 Å². The van der Waals surface area contributed by atoms with Gasteiger partial charge in [0.1, 0.15) is 0 Å². The van der Waals surface area contributed by atoms with Crippen LogP contribution in [0.25, 0.3) is 10.9 Å². The van der Waals surface area contributed by atoms with Crippen molar-refractivity contribution in [2.75, 3.05) is 0 Å². The number of Topliss-reactive ketones (excluding diaryl/α,β-unsaturated/α-hetero) is 1. The highest BCUT2D eigenvalue weighted by atomic mass is 16.2. The van der Waals surface area contributed by atoms with Crippen LogP contribution < -0.4 is 5.32 Å². The number of hydrogen-bond donors (Lipinski definition) is 2. The number of aromatic amines is 1. The normalized spacial score (nSPS) is 28.4. The zero-order valence-electron chi connectivity index (χ0n) is 11.3. The van der Waals surface area contributed by atoms with E-state index in [4.69, 9.17) is 0 Å². The molecule has 1 aromatic carbocycles. The number of hydrogen-bond acceptors (Lipinski definition) is 2. The summed E-state index contributed by atoms with van der Waals surface area (Å²) < 4.78 is 0. The summed E-state index contributed by atoms with van der Waals surface area (Å²) >= 11 is 0. The summed E-state index contributed by atoms with van der Waals surface area (Å²) in [6.45, 7) is 2.09. The Labute approximate surface area is 116 Å². The second-order valence-corrected chi connectivity index (χ2v) is 5.75. The summed E-state index contributed by atoms with van der Waals surface area (Å²) in [7, 11) is 0. The number of fused-ring (bicyclic) bond motifs is 6. The van der Waals surface area contributed by atoms with Gasteiger partial charge in [-0.25, -0.2) is 0 Å². The molecule has 2 N–H and O–H groups in total. The van der Waals surface area contributed by atoms with Gasteiger partial charge >= 0.3 is 0 Å². The minimum atomic E-state index is -0.167. The monoisotopic (exact) mass is 268 g/mol. The van der Waals surface area contributed by atoms with Crippen molar-refractivity contribution >= 4 is 22.6 Å². The molecule has 3 atom stereocenters. The Kier molecular flexibility index (Phi) is 2.31. The van der Waals surface area contributed by atoms with Crippen molar-refractivity contribution in [1.29, 1.82) is 0 Å². The molecule has 2 aromatic rings. The summed E-state index contributed by atoms with van der Waals surface area (Å²) in [5, 5.41) is 4.15. The lowest BCUT2D eigenvalue weighted by Gasteiger charge is -2.41. The van der Waals surface area contributed by atoms with Gasteiger partial charge in [0.05, 0.1) is 11.7 Å². The van der Waals surface area contributed by atoms with Crippen molar-refractivity contribution in [3.63, 3.8) is 0 Å². The molecule has 1 saturated heterocycles. The zero-order chi connectivity index (χ0) is 13.9. The van der Waals surface area contributed by atoms with E-state index < -0.39 is 0 Å². The third kappa shape index (κ3) is 1.36. The maximum Gasteiger partial charge on any atom is 0.221 e. The van der Waals surface area contributed by atoms with Crippen molar-refractivity contribution in [2.45, 2.75) is 25.8 Å². The number of nitrogens with one attached hydrogen (secondary N) is 2. The molecule has 2 bridgehead atoms. The summed E-state index contributed by atoms with van der Waals surface area (Å²) in [6.07, 6.45) is 1.23. The minimum Gasteiger partial charge on any atom is -0.352 e. The van der Waals surface area contributed by atoms with Crippen molar-refractivity contribution in [3.05, 3.63) is 35.5 Å². The van der Waals surface area contributed by atoms with Gasteiger partial charge in [0.25, 0.3) is 0 Å². The first-order chi connectivity index (χ1) is 9.70. The van der Waals surface area contributed by atoms with E-state index in [-0.39, 0.29) is 29.6 Å². The molecule has 4 rings (SSSR count). The minimum absolute atomic E-state index is 0.00557. The quantitative estimate of drug-likeness (QED) is 0.835. The first kappa shape index (κ1) is 11.7. The fraction of sp³-hybridized carbons (Fsp3) is 0.375. The molecule has 1 aliphatic carbocycles. The van der Waals surface area contributed by atoms with E-state index in [0.717, 1.165) is 22.9 Å². The second-order valence-electron chi connectivity index (χ2n) is 5.75. The summed E-state index contributed by atoms with van der Waals surface area (Å²) in [4.78, 5) is 27.8. The number of amides is 1. The highest BCUT2D eigenvalue weighted by Crippen LogP contribution is 2.46. The Hall–Kier alpha value is -2.10. The molecule has 0 radical (unpaired) electrons. The smallest absolute Gasteiger partial charge is 0.221 e. The molecule has 4 heteroatoms. The molecular weight excluding hydrogens is 252 g/mol. The molecule has 0 saturated carbocycles. The second kappa shape index (κ2) is 3.95. The summed E-state index contributed by atoms with van der Waals surface area (Å²) in [6, 6.07) is 7.89. The SMILES string of the molecule is CC[C@H]1[C@@H]2NC(=O)C[C@H]1C(=O)c1[nH]c3ccccc3c12. The predicted octanol–water partition coefficient (Wildman–Crippen LogP) is 2.57. The number of H-pyrrole nitrogens is 1. The maximum absolute atomic E-state index is 12.7. The van der Waals surface area contributed by atoms with Gasteiger partial charge in [0.2, 0.25) is 5.91 Å². The molecule has 1 fully saturated rings. The van der Waals surface area contributed by atoms with Gasteiger partial charge in [-0.2, -0.15) is 0 Å². The number of aromatic nitrogens is 1. The Balaban J connectivity index is 2.02. The lowest BCUT2D eigenvalue weighted by atomic mass is 9.68. The van der Waals surface area contributed by atoms with Crippen LogP contribution in [0.2, 0.25) is 0 Å². The number of benzene rings is 1. The van der Waals surface area contributed by atoms with Gasteiger partial charge in [-0.15, -0.1) is 0 Å². The van der Waals surface area contributed by atoms with Crippen LogP contribution >= 0.6 is 0 Å². The Morgan fingerprint density at radius 1 is 1.25 bits per heavy atom. The number of ketones is 1. The van der Waals surface area contributed by atoms with Crippen molar-refractivity contribution < 1.29 is 9.59 Å². The summed E-state index contributed by atoms with van der Waals surface area (Å²) in [5.74, 6) is 0.148. The van der Waals surface area contributed by atoms with Gasteiger partial charge in [-0.05, 0) is 12.0 Å². The molecule has 102 valence electrons. The molecule has 0 unspecified atom stereocenters. The molecule has 4 nitrogen and oxygen atoms in total. The molecule has 20 heavy (non-hydrogen) atoms. The lowest BCUT2D eigenvalue weighted by Crippen LogP contribution is -2.49. The van der Waals surface area contributed by atoms with Crippen LogP contribution in [-0.4, -0.2) is 16.7 Å². The third-order valence-corrected chi connectivity index (χ3v) is 4.78. The van der Waals surface area contributed by atoms with Gasteiger partial charge in [0, 0.05) is 28.8 Å². The number of carbonyl (C=O) groups excluding carboxylic acids is 2. The number of para-hydroxylation sites is 1. The topological polar surface area (TPSA) is 62.0 Å². The van der Waals surface area contributed by atoms with Gasteiger partial charge in [-0.1, -0.05) is 31.5 Å². The van der Waals surface area contributed by atoms with Crippen LogP contribution in [0.4, 0.5) is 0 Å². The Morgan fingerprint density at radius 3 is 2.85 bits per heavy atom. The van der Waals surface area contributed by atoms with Crippen LogP contribution in [0.15, 0.2) is 24.3 Å². The standard InChI is InChI=1S/C16H16N2O2/c1-2-8-10-7-12(19)18-14(8)13-9-5-3-4-6-11(9)17-15(13)16(10)20/h3-6,8,10,14,17H,2,7H2,1H3,(H,18,19)/t8-,10-,14+/m1/s1. The molecule has 1 aromatic heterocycles. The molecule has 0 spiro atoms. The van der Waals surface area contributed by atoms with Crippen molar-refractivity contribution in [1.82, 2.24) is 10.3 Å². The number of carbonyl (C=O) groups is 2. The molecular formula is C16H16N2O2. The van der Waals surface area contributed by atoms with Gasteiger partial charge in [0.15, 0.2) is 5.78 Å². The van der Waals surface area contributed by atoms with E-state index in [1.807, 2.05) is 24.3 Å². The molecule has 1 aliphatic heterocycles. The highest BCUT2D eigenvalue weighted by molar-refractivity contribution is 6.07. The van der Waals surface area contributed by atoms with Gasteiger partial charge in [-0.3, -0.25) is 9.59 Å². The van der Waals surface area contributed by atoms with E-state index in [9.17, 15) is 9.59 Å². The van der Waals surface area contributed by atoms with Gasteiger partial charge < -0.3 is 10.3 Å². The van der Waals surface area contributed by atoms with Crippen LogP contribution in [-0.2, 0) is 4.79 Å². The molecule has 2 heterocycles.